The minimum Gasteiger partial charge on any atom is -0.384 e. The van der Waals surface area contributed by atoms with Crippen LogP contribution in [0.2, 0.25) is 0 Å². The molecule has 3 aromatic heterocycles. The van der Waals surface area contributed by atoms with E-state index in [9.17, 15) is 13.2 Å². The van der Waals surface area contributed by atoms with Gasteiger partial charge in [-0.25, -0.2) is 0 Å². The van der Waals surface area contributed by atoms with Gasteiger partial charge in [0.1, 0.15) is 5.82 Å². The van der Waals surface area contributed by atoms with Crippen LogP contribution in [0, 0.1) is 12.8 Å². The Morgan fingerprint density at radius 2 is 1.89 bits per heavy atom. The van der Waals surface area contributed by atoms with Crippen molar-refractivity contribution in [3.63, 3.8) is 0 Å². The van der Waals surface area contributed by atoms with Crippen LogP contribution in [0.25, 0.3) is 16.6 Å². The number of pyridine rings is 1. The summed E-state index contributed by atoms with van der Waals surface area (Å²) < 4.78 is 40.6. The van der Waals surface area contributed by atoms with E-state index < -0.39 is 12.0 Å². The van der Waals surface area contributed by atoms with E-state index in [0.29, 0.717) is 24.3 Å². The van der Waals surface area contributed by atoms with Gasteiger partial charge in [0, 0.05) is 55.5 Å². The van der Waals surface area contributed by atoms with Gasteiger partial charge in [0.25, 0.3) is 5.82 Å². The van der Waals surface area contributed by atoms with Gasteiger partial charge >= 0.3 is 6.18 Å². The van der Waals surface area contributed by atoms with Gasteiger partial charge in [0.05, 0.1) is 5.52 Å². The number of piperidine rings is 1. The van der Waals surface area contributed by atoms with Crippen LogP contribution < -0.4 is 10.2 Å². The van der Waals surface area contributed by atoms with Crippen LogP contribution in [0.5, 0.6) is 0 Å². The molecule has 2 aliphatic heterocycles. The molecule has 2 saturated heterocycles. The van der Waals surface area contributed by atoms with Crippen LogP contribution in [-0.2, 0) is 6.18 Å². The van der Waals surface area contributed by atoms with Crippen LogP contribution in [-0.4, -0.2) is 68.5 Å². The number of hydrogen-bond acceptors (Lipinski definition) is 7. The largest absolute Gasteiger partial charge is 0.453 e. The summed E-state index contributed by atoms with van der Waals surface area (Å²) in [6.07, 6.45) is -2.46. The maximum atomic E-state index is 13.3. The maximum absolute atomic E-state index is 13.3. The molecule has 6 rings (SSSR count). The minimum absolute atomic E-state index is 0.0925. The molecule has 8 nitrogen and oxygen atoms in total. The summed E-state index contributed by atoms with van der Waals surface area (Å²) in [4.78, 5) is 9.21. The van der Waals surface area contributed by atoms with Crippen molar-refractivity contribution in [3.05, 3.63) is 54.0 Å². The van der Waals surface area contributed by atoms with Gasteiger partial charge in [-0.3, -0.25) is 9.88 Å². The number of nitrogens with one attached hydrogen (secondary N) is 1. The summed E-state index contributed by atoms with van der Waals surface area (Å²) >= 11 is 0. The fraction of sp³-hybridized carbons (Fsp3) is 0.440. The number of piperazine rings is 1. The first kappa shape index (κ1) is 23.0. The molecule has 1 N–H and O–H groups in total. The van der Waals surface area contributed by atoms with E-state index in [4.69, 9.17) is 0 Å². The monoisotopic (exact) mass is 496 g/mol. The number of rotatable bonds is 4. The molecule has 2 atom stereocenters. The highest BCUT2D eigenvalue weighted by atomic mass is 19.4. The summed E-state index contributed by atoms with van der Waals surface area (Å²) in [6, 6.07) is 13.9. The zero-order chi connectivity index (χ0) is 24.9. The maximum Gasteiger partial charge on any atom is 0.453 e. The third-order valence-electron chi connectivity index (χ3n) is 7.26. The van der Waals surface area contributed by atoms with Crippen molar-refractivity contribution in [1.82, 2.24) is 29.7 Å². The number of benzene rings is 1. The Bertz CT molecular complexity index is 1400. The smallest absolute Gasteiger partial charge is 0.384 e. The van der Waals surface area contributed by atoms with E-state index in [0.717, 1.165) is 65.8 Å². The van der Waals surface area contributed by atoms with Crippen molar-refractivity contribution in [1.29, 1.82) is 0 Å². The van der Waals surface area contributed by atoms with Gasteiger partial charge in [0.2, 0.25) is 0 Å². The van der Waals surface area contributed by atoms with E-state index in [-0.39, 0.29) is 5.65 Å². The minimum atomic E-state index is -4.60. The lowest BCUT2D eigenvalue weighted by Crippen LogP contribution is -2.57. The predicted octanol–water partition coefficient (Wildman–Crippen LogP) is 4.01. The third-order valence-corrected chi connectivity index (χ3v) is 7.26. The molecule has 1 unspecified atom stereocenters. The molecule has 0 amide bonds. The second kappa shape index (κ2) is 8.88. The van der Waals surface area contributed by atoms with Crippen molar-refractivity contribution >= 4 is 28.1 Å². The summed E-state index contributed by atoms with van der Waals surface area (Å²) in [5.41, 5.74) is 3.21. The highest BCUT2D eigenvalue weighted by molar-refractivity contribution is 5.91. The fourth-order valence-corrected chi connectivity index (χ4v) is 5.47. The van der Waals surface area contributed by atoms with Crippen molar-refractivity contribution in [2.45, 2.75) is 32.0 Å². The standard InChI is InChI=1S/C25H27F3N8/c1-16-12-21(19-4-2-3-5-20(19)30-16)29-13-17-6-7-18-15-35(11-10-34(18)14-17)23-9-8-22-31-32-24(25(26,27)28)36(22)33-23/h2-5,8-9,12,17-18H,6-7,10-11,13-15H2,1H3,(H,29,30)/t17?,18-/m1/s1. The van der Waals surface area contributed by atoms with E-state index in [1.54, 1.807) is 12.1 Å². The van der Waals surface area contributed by atoms with Gasteiger partial charge in [-0.2, -0.15) is 17.7 Å². The number of aryl methyl sites for hydroxylation is 1. The van der Waals surface area contributed by atoms with Gasteiger partial charge in [-0.15, -0.1) is 15.3 Å². The Labute approximate surface area is 206 Å². The van der Waals surface area contributed by atoms with Crippen molar-refractivity contribution in [2.24, 2.45) is 5.92 Å². The Morgan fingerprint density at radius 3 is 2.75 bits per heavy atom. The summed E-state index contributed by atoms with van der Waals surface area (Å²) in [6.45, 7) is 6.23. The topological polar surface area (TPSA) is 74.5 Å². The quantitative estimate of drug-likeness (QED) is 0.458. The predicted molar refractivity (Wildman–Crippen MR) is 131 cm³/mol. The van der Waals surface area contributed by atoms with Crippen molar-refractivity contribution in [2.75, 3.05) is 42.9 Å². The van der Waals surface area contributed by atoms with Crippen LogP contribution >= 0.6 is 0 Å². The number of fused-ring (bicyclic) bond motifs is 3. The average Bonchev–Trinajstić information content (AvgIpc) is 3.31. The Morgan fingerprint density at radius 1 is 1.03 bits per heavy atom. The lowest BCUT2D eigenvalue weighted by Gasteiger charge is -2.46. The highest BCUT2D eigenvalue weighted by Crippen LogP contribution is 2.30. The van der Waals surface area contributed by atoms with E-state index >= 15 is 0 Å². The first-order valence-corrected chi connectivity index (χ1v) is 12.2. The summed E-state index contributed by atoms with van der Waals surface area (Å²) in [7, 11) is 0. The first-order valence-electron chi connectivity index (χ1n) is 12.2. The Kier molecular flexibility index (Phi) is 5.66. The molecule has 188 valence electrons. The molecule has 11 heteroatoms. The molecule has 0 aliphatic carbocycles. The van der Waals surface area contributed by atoms with Crippen molar-refractivity contribution in [3.8, 4) is 0 Å². The molecule has 4 aromatic rings. The number of para-hydroxylation sites is 1. The number of alkyl halides is 3. The summed E-state index contributed by atoms with van der Waals surface area (Å²) in [5.74, 6) is -0.0415. The SMILES string of the molecule is Cc1cc(NCC2CC[C@@H]3CN(c4ccc5nnc(C(F)(F)F)n5n4)CCN3C2)c2ccccc2n1. The summed E-state index contributed by atoms with van der Waals surface area (Å²) in [5, 5.41) is 15.9. The highest BCUT2D eigenvalue weighted by Gasteiger charge is 2.38. The van der Waals surface area contributed by atoms with Crippen LogP contribution in [0.3, 0.4) is 0 Å². The van der Waals surface area contributed by atoms with Gasteiger partial charge in [-0.1, -0.05) is 18.2 Å². The van der Waals surface area contributed by atoms with E-state index in [1.165, 1.54) is 0 Å². The van der Waals surface area contributed by atoms with Crippen molar-refractivity contribution < 1.29 is 13.2 Å². The molecule has 2 aliphatic rings. The lowest BCUT2D eigenvalue weighted by atomic mass is 9.91. The van der Waals surface area contributed by atoms with E-state index in [1.807, 2.05) is 25.1 Å². The zero-order valence-electron chi connectivity index (χ0n) is 19.9. The molecular formula is C25H27F3N8. The number of nitrogens with zero attached hydrogens (tertiary/aromatic N) is 7. The number of aromatic nitrogens is 5. The lowest BCUT2D eigenvalue weighted by molar-refractivity contribution is -0.146. The van der Waals surface area contributed by atoms with Gasteiger partial charge in [0.15, 0.2) is 5.65 Å². The Balaban J connectivity index is 1.10. The Hall–Kier alpha value is -3.47. The molecular weight excluding hydrogens is 469 g/mol. The molecule has 5 heterocycles. The normalized spacial score (nSPS) is 21.2. The molecule has 0 radical (unpaired) electrons. The number of anilines is 2. The molecule has 1 aromatic carbocycles. The second-order valence-electron chi connectivity index (χ2n) is 9.73. The number of hydrogen-bond donors (Lipinski definition) is 1. The first-order chi connectivity index (χ1) is 17.3. The second-order valence-corrected chi connectivity index (χ2v) is 9.73. The molecule has 0 saturated carbocycles. The molecule has 0 spiro atoms. The zero-order valence-corrected chi connectivity index (χ0v) is 19.9. The molecule has 0 bridgehead atoms. The average molecular weight is 497 g/mol. The molecule has 36 heavy (non-hydrogen) atoms. The van der Waals surface area contributed by atoms with Gasteiger partial charge < -0.3 is 10.2 Å². The van der Waals surface area contributed by atoms with Crippen LogP contribution in [0.15, 0.2) is 42.5 Å². The number of halogens is 3. The van der Waals surface area contributed by atoms with Crippen LogP contribution in [0.4, 0.5) is 24.7 Å². The fourth-order valence-electron chi connectivity index (χ4n) is 5.47. The van der Waals surface area contributed by atoms with Gasteiger partial charge in [-0.05, 0) is 49.9 Å². The third kappa shape index (κ3) is 4.32. The van der Waals surface area contributed by atoms with Crippen LogP contribution in [0.1, 0.15) is 24.4 Å². The molecule has 2 fully saturated rings. The van der Waals surface area contributed by atoms with E-state index in [2.05, 4.69) is 47.5 Å².